The molecule has 8 heteroatoms. The van der Waals surface area contributed by atoms with Gasteiger partial charge in [0, 0.05) is 26.2 Å². The third-order valence-electron chi connectivity index (χ3n) is 6.53. The second-order valence-electron chi connectivity index (χ2n) is 8.43. The van der Waals surface area contributed by atoms with Crippen LogP contribution in [-0.2, 0) is 0 Å². The predicted octanol–water partition coefficient (Wildman–Crippen LogP) is 3.62. The highest BCUT2D eigenvalue weighted by Crippen LogP contribution is 2.47. The van der Waals surface area contributed by atoms with E-state index in [-0.39, 0.29) is 24.8 Å². The van der Waals surface area contributed by atoms with Crippen molar-refractivity contribution in [3.8, 4) is 0 Å². The maximum atomic E-state index is 13.0. The molecule has 1 amide bonds. The first-order valence-corrected chi connectivity index (χ1v) is 10.00. The topological polar surface area (TPSA) is 70.4 Å². The van der Waals surface area contributed by atoms with E-state index in [1.54, 1.807) is 13.1 Å². The Morgan fingerprint density at radius 1 is 1.14 bits per heavy atom. The molecule has 28 heavy (non-hydrogen) atoms. The number of carbonyl (C=O) groups excluding carboxylic acids is 1. The maximum Gasteiger partial charge on any atom is 0.391 e. The first-order valence-electron chi connectivity index (χ1n) is 10.00. The van der Waals surface area contributed by atoms with Gasteiger partial charge in [0.1, 0.15) is 0 Å². The molecule has 5 nitrogen and oxygen atoms in total. The summed E-state index contributed by atoms with van der Waals surface area (Å²) in [6.07, 6.45) is -2.05. The molecule has 0 bridgehead atoms. The van der Waals surface area contributed by atoms with E-state index in [0.717, 1.165) is 24.5 Å². The van der Waals surface area contributed by atoms with Crippen molar-refractivity contribution >= 4 is 23.0 Å². The fourth-order valence-electron chi connectivity index (χ4n) is 4.69. The third kappa shape index (κ3) is 3.73. The van der Waals surface area contributed by atoms with Gasteiger partial charge in [-0.25, -0.2) is 0 Å². The van der Waals surface area contributed by atoms with Crippen molar-refractivity contribution in [2.24, 2.45) is 17.8 Å². The first kappa shape index (κ1) is 19.2. The summed E-state index contributed by atoms with van der Waals surface area (Å²) in [7, 11) is 1.79. The van der Waals surface area contributed by atoms with Crippen LogP contribution in [-0.4, -0.2) is 38.3 Å². The number of carbonyl (C=O) groups is 1. The van der Waals surface area contributed by atoms with E-state index in [4.69, 9.17) is 5.73 Å². The normalized spacial score (nSPS) is 29.4. The van der Waals surface area contributed by atoms with E-state index in [1.807, 2.05) is 6.07 Å². The highest BCUT2D eigenvalue weighted by molar-refractivity contribution is 6.02. The van der Waals surface area contributed by atoms with Gasteiger partial charge in [-0.2, -0.15) is 13.2 Å². The van der Waals surface area contributed by atoms with Crippen molar-refractivity contribution in [3.05, 3.63) is 17.7 Å². The number of nitrogen functional groups attached to an aromatic ring is 1. The molecule has 0 radical (unpaired) electrons. The number of rotatable bonds is 4. The largest absolute Gasteiger partial charge is 0.397 e. The average molecular weight is 396 g/mol. The summed E-state index contributed by atoms with van der Waals surface area (Å²) in [6.45, 7) is 1.88. The van der Waals surface area contributed by atoms with Crippen LogP contribution >= 0.6 is 0 Å². The van der Waals surface area contributed by atoms with Crippen LogP contribution in [0.4, 0.5) is 30.2 Å². The number of piperidine rings is 1. The summed E-state index contributed by atoms with van der Waals surface area (Å²) in [4.78, 5) is 15.2. The number of halogens is 3. The average Bonchev–Trinajstić information content (AvgIpc) is 3.26. The molecule has 2 aliphatic carbocycles. The standard InChI is InChI=1S/C20H27F3N4O/c1-25-17-8-18(27-9-11-6-12(11)10-27)15(7-16(17)24)19(28)26-14-4-2-13(3-5-14)20(21,22)23/h7-8,11-14,25H,2-6,9-10,24H2,1H3,(H,26,28)/t11?,12?,13-,14+. The van der Waals surface area contributed by atoms with E-state index in [0.29, 0.717) is 35.9 Å². The summed E-state index contributed by atoms with van der Waals surface area (Å²) in [5.41, 5.74) is 8.71. The Kier molecular flexibility index (Phi) is 4.83. The van der Waals surface area contributed by atoms with Gasteiger partial charge in [-0.05, 0) is 56.1 Å². The number of alkyl halides is 3. The van der Waals surface area contributed by atoms with E-state index >= 15 is 0 Å². The number of hydrogen-bond donors (Lipinski definition) is 3. The number of nitrogens with two attached hydrogens (primary N) is 1. The van der Waals surface area contributed by atoms with E-state index < -0.39 is 12.1 Å². The molecule has 2 unspecified atom stereocenters. The lowest BCUT2D eigenvalue weighted by molar-refractivity contribution is -0.182. The zero-order chi connectivity index (χ0) is 20.1. The molecule has 2 saturated carbocycles. The molecule has 0 spiro atoms. The second kappa shape index (κ2) is 7.04. The molecular formula is C20H27F3N4O. The van der Waals surface area contributed by atoms with Gasteiger partial charge in [0.2, 0.25) is 0 Å². The number of nitrogens with one attached hydrogen (secondary N) is 2. The molecule has 1 aliphatic heterocycles. The Labute approximate surface area is 162 Å². The van der Waals surface area contributed by atoms with Gasteiger partial charge in [0.15, 0.2) is 0 Å². The van der Waals surface area contributed by atoms with Gasteiger partial charge in [-0.15, -0.1) is 0 Å². The van der Waals surface area contributed by atoms with Crippen molar-refractivity contribution in [1.29, 1.82) is 0 Å². The number of benzene rings is 1. The molecular weight excluding hydrogens is 369 g/mol. The summed E-state index contributed by atoms with van der Waals surface area (Å²) in [5, 5.41) is 6.01. The summed E-state index contributed by atoms with van der Waals surface area (Å²) in [5.74, 6) is -0.0771. The van der Waals surface area contributed by atoms with Crippen LogP contribution < -0.4 is 21.3 Å². The van der Waals surface area contributed by atoms with Gasteiger partial charge in [-0.3, -0.25) is 4.79 Å². The predicted molar refractivity (Wildman–Crippen MR) is 103 cm³/mol. The summed E-state index contributed by atoms with van der Waals surface area (Å²) >= 11 is 0. The number of nitrogens with zero attached hydrogens (tertiary/aromatic N) is 1. The van der Waals surface area contributed by atoms with Crippen LogP contribution in [0, 0.1) is 17.8 Å². The van der Waals surface area contributed by atoms with Crippen molar-refractivity contribution in [3.63, 3.8) is 0 Å². The SMILES string of the molecule is CNc1cc(N2CC3CC3C2)c(C(=O)N[C@H]2CC[C@@H](C(F)(F)F)CC2)cc1N. The van der Waals surface area contributed by atoms with Crippen molar-refractivity contribution in [1.82, 2.24) is 5.32 Å². The van der Waals surface area contributed by atoms with Gasteiger partial charge in [0.05, 0.1) is 28.5 Å². The molecule has 4 rings (SSSR count). The van der Waals surface area contributed by atoms with Gasteiger partial charge in [0.25, 0.3) is 5.91 Å². The lowest BCUT2D eigenvalue weighted by Gasteiger charge is -2.31. The zero-order valence-electron chi connectivity index (χ0n) is 16.0. The molecule has 4 N–H and O–H groups in total. The van der Waals surface area contributed by atoms with Crippen LogP contribution in [0.5, 0.6) is 0 Å². The minimum Gasteiger partial charge on any atom is -0.397 e. The van der Waals surface area contributed by atoms with Crippen LogP contribution in [0.1, 0.15) is 42.5 Å². The highest BCUT2D eigenvalue weighted by atomic mass is 19.4. The molecule has 154 valence electrons. The Hall–Kier alpha value is -2.12. The minimum absolute atomic E-state index is 0.0671. The van der Waals surface area contributed by atoms with Crippen LogP contribution in [0.15, 0.2) is 12.1 Å². The van der Waals surface area contributed by atoms with Gasteiger partial charge < -0.3 is 21.3 Å². The number of anilines is 3. The minimum atomic E-state index is -4.14. The quantitative estimate of drug-likeness (QED) is 0.680. The number of amides is 1. The van der Waals surface area contributed by atoms with Crippen molar-refractivity contribution < 1.29 is 18.0 Å². The Balaban J connectivity index is 1.48. The molecule has 1 saturated heterocycles. The second-order valence-corrected chi connectivity index (χ2v) is 8.43. The smallest absolute Gasteiger partial charge is 0.391 e. The third-order valence-corrected chi connectivity index (χ3v) is 6.53. The summed E-state index contributed by atoms with van der Waals surface area (Å²) in [6, 6.07) is 3.37. The molecule has 1 aromatic rings. The number of fused-ring (bicyclic) bond motifs is 1. The van der Waals surface area contributed by atoms with Crippen molar-refractivity contribution in [2.45, 2.75) is 44.3 Å². The Bertz CT molecular complexity index is 749. The van der Waals surface area contributed by atoms with Crippen LogP contribution in [0.25, 0.3) is 0 Å². The zero-order valence-corrected chi connectivity index (χ0v) is 16.0. The van der Waals surface area contributed by atoms with E-state index in [9.17, 15) is 18.0 Å². The molecule has 2 atom stereocenters. The Morgan fingerprint density at radius 3 is 2.36 bits per heavy atom. The molecule has 1 aromatic carbocycles. The molecule has 0 aromatic heterocycles. The van der Waals surface area contributed by atoms with E-state index in [1.165, 1.54) is 6.42 Å². The number of hydrogen-bond acceptors (Lipinski definition) is 4. The monoisotopic (exact) mass is 396 g/mol. The summed E-state index contributed by atoms with van der Waals surface area (Å²) < 4.78 is 38.6. The Morgan fingerprint density at radius 2 is 1.79 bits per heavy atom. The molecule has 3 aliphatic rings. The van der Waals surface area contributed by atoms with Gasteiger partial charge in [-0.1, -0.05) is 0 Å². The maximum absolute atomic E-state index is 13.0. The lowest BCUT2D eigenvalue weighted by Crippen LogP contribution is -2.40. The first-order chi connectivity index (χ1) is 13.3. The molecule has 3 fully saturated rings. The van der Waals surface area contributed by atoms with Crippen LogP contribution in [0.3, 0.4) is 0 Å². The lowest BCUT2D eigenvalue weighted by atomic mass is 9.85. The highest BCUT2D eigenvalue weighted by Gasteiger charge is 2.46. The van der Waals surface area contributed by atoms with E-state index in [2.05, 4.69) is 15.5 Å². The van der Waals surface area contributed by atoms with Crippen LogP contribution in [0.2, 0.25) is 0 Å². The van der Waals surface area contributed by atoms with Gasteiger partial charge >= 0.3 is 6.18 Å². The van der Waals surface area contributed by atoms with Crippen molar-refractivity contribution in [2.75, 3.05) is 36.1 Å². The molecule has 1 heterocycles. The fraction of sp³-hybridized carbons (Fsp3) is 0.650. The fourth-order valence-corrected chi connectivity index (χ4v) is 4.69.